The summed E-state index contributed by atoms with van der Waals surface area (Å²) in [5.74, 6) is 6.14. The Labute approximate surface area is 169 Å². The molecule has 0 aliphatic carbocycles. The highest BCUT2D eigenvalue weighted by atomic mass is 32.2. The summed E-state index contributed by atoms with van der Waals surface area (Å²) in [4.78, 5) is 4.65. The van der Waals surface area contributed by atoms with E-state index in [1.807, 2.05) is 32.0 Å². The first-order valence-corrected chi connectivity index (χ1v) is 11.5. The molecule has 0 saturated carbocycles. The van der Waals surface area contributed by atoms with Gasteiger partial charge in [0, 0.05) is 25.7 Å². The SMILES string of the molecule is CC#Cc1ccc2sc3ccc([C@]4(C)CS(=O)(=O)C(C)(C)C(N)=N4)cc3c2c1. The maximum absolute atomic E-state index is 12.9. The van der Waals surface area contributed by atoms with Crippen molar-refractivity contribution in [3.8, 4) is 11.8 Å². The normalized spacial score (nSPS) is 23.2. The van der Waals surface area contributed by atoms with Gasteiger partial charge in [0.1, 0.15) is 10.6 Å². The smallest absolute Gasteiger partial charge is 0.165 e. The minimum absolute atomic E-state index is 0.0617. The molecule has 0 unspecified atom stereocenters. The first kappa shape index (κ1) is 19.0. The molecule has 0 spiro atoms. The van der Waals surface area contributed by atoms with Gasteiger partial charge in [-0.1, -0.05) is 12.0 Å². The Kier molecular flexibility index (Phi) is 4.11. The van der Waals surface area contributed by atoms with Gasteiger partial charge in [-0.15, -0.1) is 17.3 Å². The second kappa shape index (κ2) is 6.07. The lowest BCUT2D eigenvalue weighted by Gasteiger charge is -2.37. The third-order valence-corrected chi connectivity index (χ3v) is 9.45. The molecule has 1 atom stereocenters. The van der Waals surface area contributed by atoms with Crippen LogP contribution in [0, 0.1) is 11.8 Å². The number of amidine groups is 1. The van der Waals surface area contributed by atoms with E-state index in [1.165, 1.54) is 4.70 Å². The van der Waals surface area contributed by atoms with Crippen LogP contribution in [0.2, 0.25) is 0 Å². The van der Waals surface area contributed by atoms with Gasteiger partial charge < -0.3 is 5.73 Å². The number of nitrogens with two attached hydrogens (primary N) is 1. The van der Waals surface area contributed by atoms with Crippen LogP contribution in [0.25, 0.3) is 20.2 Å². The van der Waals surface area contributed by atoms with Crippen molar-refractivity contribution in [3.63, 3.8) is 0 Å². The molecule has 2 heterocycles. The van der Waals surface area contributed by atoms with E-state index in [2.05, 4.69) is 35.0 Å². The van der Waals surface area contributed by atoms with Gasteiger partial charge in [0.05, 0.1) is 11.3 Å². The highest BCUT2D eigenvalue weighted by Crippen LogP contribution is 2.40. The Hall–Kier alpha value is -2.36. The zero-order valence-electron chi connectivity index (χ0n) is 16.3. The number of rotatable bonds is 1. The number of hydrogen-bond acceptors (Lipinski definition) is 5. The van der Waals surface area contributed by atoms with Crippen molar-refractivity contribution in [2.24, 2.45) is 10.7 Å². The highest BCUT2D eigenvalue weighted by Gasteiger charge is 2.48. The van der Waals surface area contributed by atoms with E-state index in [-0.39, 0.29) is 11.6 Å². The number of benzene rings is 2. The quantitative estimate of drug-likeness (QED) is 0.611. The Balaban J connectivity index is 1.94. The highest BCUT2D eigenvalue weighted by molar-refractivity contribution is 7.93. The van der Waals surface area contributed by atoms with Crippen LogP contribution in [-0.2, 0) is 15.4 Å². The van der Waals surface area contributed by atoms with E-state index < -0.39 is 20.1 Å². The summed E-state index contributed by atoms with van der Waals surface area (Å²) in [5, 5.41) is 2.22. The molecular weight excluding hydrogens is 388 g/mol. The molecule has 0 saturated heterocycles. The fourth-order valence-electron chi connectivity index (χ4n) is 3.62. The maximum atomic E-state index is 12.9. The van der Waals surface area contributed by atoms with Crippen molar-refractivity contribution < 1.29 is 8.42 Å². The van der Waals surface area contributed by atoms with E-state index in [4.69, 9.17) is 5.73 Å². The average molecular weight is 411 g/mol. The lowest BCUT2D eigenvalue weighted by Crippen LogP contribution is -2.54. The van der Waals surface area contributed by atoms with Gasteiger partial charge in [-0.05, 0) is 63.6 Å². The Morgan fingerprint density at radius 2 is 1.71 bits per heavy atom. The van der Waals surface area contributed by atoms with Gasteiger partial charge in [0.2, 0.25) is 0 Å². The molecule has 1 aromatic heterocycles. The molecule has 1 aliphatic heterocycles. The maximum Gasteiger partial charge on any atom is 0.165 e. The Morgan fingerprint density at radius 1 is 1.07 bits per heavy atom. The fraction of sp³-hybridized carbons (Fsp3) is 0.318. The van der Waals surface area contributed by atoms with Crippen molar-refractivity contribution in [1.29, 1.82) is 0 Å². The van der Waals surface area contributed by atoms with Crippen LogP contribution < -0.4 is 5.73 Å². The number of nitrogens with zero attached hydrogens (tertiary/aromatic N) is 1. The van der Waals surface area contributed by atoms with Crippen LogP contribution >= 0.6 is 11.3 Å². The molecule has 0 amide bonds. The van der Waals surface area contributed by atoms with Crippen molar-refractivity contribution in [2.75, 3.05) is 5.75 Å². The van der Waals surface area contributed by atoms with Gasteiger partial charge >= 0.3 is 0 Å². The summed E-state index contributed by atoms with van der Waals surface area (Å²) >= 11 is 1.72. The molecule has 4 rings (SSSR count). The van der Waals surface area contributed by atoms with E-state index in [0.29, 0.717) is 0 Å². The molecule has 28 heavy (non-hydrogen) atoms. The summed E-state index contributed by atoms with van der Waals surface area (Å²) in [6.45, 7) is 6.90. The zero-order chi connectivity index (χ0) is 20.3. The van der Waals surface area contributed by atoms with Crippen molar-refractivity contribution in [2.45, 2.75) is 38.0 Å². The summed E-state index contributed by atoms with van der Waals surface area (Å²) < 4.78 is 26.9. The minimum atomic E-state index is -3.43. The van der Waals surface area contributed by atoms with Gasteiger partial charge in [-0.25, -0.2) is 8.42 Å². The van der Waals surface area contributed by atoms with Gasteiger partial charge in [-0.2, -0.15) is 0 Å². The monoisotopic (exact) mass is 410 g/mol. The Morgan fingerprint density at radius 3 is 2.36 bits per heavy atom. The molecule has 0 bridgehead atoms. The number of thiophene rings is 1. The summed E-state index contributed by atoms with van der Waals surface area (Å²) in [5.41, 5.74) is 7.02. The lowest BCUT2D eigenvalue weighted by atomic mass is 9.92. The molecule has 2 N–H and O–H groups in total. The van der Waals surface area contributed by atoms with Gasteiger partial charge in [0.15, 0.2) is 9.84 Å². The van der Waals surface area contributed by atoms with E-state index >= 15 is 0 Å². The first-order valence-electron chi connectivity index (χ1n) is 9.05. The second-order valence-electron chi connectivity index (χ2n) is 7.94. The van der Waals surface area contributed by atoms with Gasteiger partial charge in [0.25, 0.3) is 0 Å². The number of aliphatic imine (C=N–C) groups is 1. The number of hydrogen-bond donors (Lipinski definition) is 1. The average Bonchev–Trinajstić information content (AvgIpc) is 2.97. The van der Waals surface area contributed by atoms with Crippen molar-refractivity contribution in [1.82, 2.24) is 0 Å². The third kappa shape index (κ3) is 2.73. The van der Waals surface area contributed by atoms with Crippen LogP contribution in [-0.4, -0.2) is 24.8 Å². The summed E-state index contributed by atoms with van der Waals surface area (Å²) in [6, 6.07) is 12.3. The molecule has 6 heteroatoms. The predicted octanol–water partition coefficient (Wildman–Crippen LogP) is 4.21. The standard InChI is InChI=1S/C22H22N2O2S2/c1-5-6-14-7-9-18-16(11-14)17-12-15(8-10-19(17)27-18)22(4)13-28(25,26)21(2,3)20(23)24-22/h7-12H,13H2,1-4H3,(H2,23,24)/t22-/m0/s1. The summed E-state index contributed by atoms with van der Waals surface area (Å²) in [7, 11) is -3.43. The minimum Gasteiger partial charge on any atom is -0.386 e. The number of fused-ring (bicyclic) bond motifs is 3. The summed E-state index contributed by atoms with van der Waals surface area (Å²) in [6.07, 6.45) is 0. The van der Waals surface area contributed by atoms with Crippen LogP contribution in [0.1, 0.15) is 38.8 Å². The molecule has 1 aliphatic rings. The second-order valence-corrected chi connectivity index (χ2v) is 11.6. The molecule has 144 valence electrons. The molecule has 0 radical (unpaired) electrons. The first-order chi connectivity index (χ1) is 13.1. The third-order valence-electron chi connectivity index (χ3n) is 5.59. The van der Waals surface area contributed by atoms with Crippen molar-refractivity contribution in [3.05, 3.63) is 47.5 Å². The largest absolute Gasteiger partial charge is 0.386 e. The molecule has 4 nitrogen and oxygen atoms in total. The van der Waals surface area contributed by atoms with E-state index in [1.54, 1.807) is 25.2 Å². The molecular formula is C22H22N2O2S2. The van der Waals surface area contributed by atoms with Crippen LogP contribution in [0.5, 0.6) is 0 Å². The van der Waals surface area contributed by atoms with Crippen LogP contribution in [0.4, 0.5) is 0 Å². The Bertz CT molecular complexity index is 1320. The molecule has 3 aromatic rings. The fourth-order valence-corrected chi connectivity index (χ4v) is 6.39. The molecule has 2 aromatic carbocycles. The van der Waals surface area contributed by atoms with Crippen molar-refractivity contribution >= 4 is 47.2 Å². The van der Waals surface area contributed by atoms with Gasteiger partial charge in [-0.3, -0.25) is 4.99 Å². The topological polar surface area (TPSA) is 72.5 Å². The number of sulfone groups is 1. The van der Waals surface area contributed by atoms with E-state index in [9.17, 15) is 8.42 Å². The van der Waals surface area contributed by atoms with E-state index in [0.717, 1.165) is 26.6 Å². The van der Waals surface area contributed by atoms with Crippen LogP contribution in [0.3, 0.4) is 0 Å². The molecule has 0 fully saturated rings. The zero-order valence-corrected chi connectivity index (χ0v) is 18.0. The predicted molar refractivity (Wildman–Crippen MR) is 119 cm³/mol. The lowest BCUT2D eigenvalue weighted by molar-refractivity contribution is 0.501. The van der Waals surface area contributed by atoms with Crippen LogP contribution in [0.15, 0.2) is 41.4 Å².